The Hall–Kier alpha value is -1.44. The van der Waals surface area contributed by atoms with Gasteiger partial charge in [-0.15, -0.1) is 0 Å². The molecule has 0 aliphatic carbocycles. The van der Waals surface area contributed by atoms with Gasteiger partial charge in [-0.2, -0.15) is 5.26 Å². The van der Waals surface area contributed by atoms with Crippen LogP contribution in [0.2, 0.25) is 0 Å². The van der Waals surface area contributed by atoms with Crippen molar-refractivity contribution in [3.05, 3.63) is 69.7 Å². The molecule has 4 heteroatoms. The maximum atomic E-state index is 12.1. The van der Waals surface area contributed by atoms with Gasteiger partial charge in [0.2, 0.25) is 0 Å². The third-order valence-corrected chi connectivity index (χ3v) is 4.80. The minimum Gasteiger partial charge on any atom is -0.299 e. The normalized spacial score (nSPS) is 13.2. The standard InChI is InChI=1S/C18H15Br2NO/c1-13-3-2-4-15(9-13)18(12-21,10-17(22)11-19)14-5-7-16(20)8-6-14/h2-9H,10-11H2,1H3. The van der Waals surface area contributed by atoms with E-state index in [4.69, 9.17) is 0 Å². The number of halogens is 2. The van der Waals surface area contributed by atoms with Gasteiger partial charge in [0.1, 0.15) is 11.2 Å². The molecule has 0 bridgehead atoms. The van der Waals surface area contributed by atoms with Gasteiger partial charge in [0.15, 0.2) is 0 Å². The molecule has 0 N–H and O–H groups in total. The molecule has 2 aromatic carbocycles. The van der Waals surface area contributed by atoms with Crippen molar-refractivity contribution >= 4 is 37.6 Å². The van der Waals surface area contributed by atoms with Crippen LogP contribution in [0, 0.1) is 18.3 Å². The first-order valence-electron chi connectivity index (χ1n) is 6.84. The van der Waals surface area contributed by atoms with Crippen LogP contribution >= 0.6 is 31.9 Å². The van der Waals surface area contributed by atoms with Crippen molar-refractivity contribution in [1.29, 1.82) is 5.26 Å². The van der Waals surface area contributed by atoms with Crippen LogP contribution in [0.5, 0.6) is 0 Å². The number of carbonyl (C=O) groups excluding carboxylic acids is 1. The number of nitriles is 1. The highest BCUT2D eigenvalue weighted by Crippen LogP contribution is 2.36. The summed E-state index contributed by atoms with van der Waals surface area (Å²) in [6.07, 6.45) is 0.153. The van der Waals surface area contributed by atoms with Crippen LogP contribution in [0.15, 0.2) is 53.0 Å². The van der Waals surface area contributed by atoms with Crippen LogP contribution in [-0.2, 0) is 10.2 Å². The molecule has 0 aliphatic rings. The average molecular weight is 421 g/mol. The summed E-state index contributed by atoms with van der Waals surface area (Å²) >= 11 is 6.61. The van der Waals surface area contributed by atoms with Gasteiger partial charge in [0.05, 0.1) is 11.4 Å². The van der Waals surface area contributed by atoms with E-state index in [-0.39, 0.29) is 17.5 Å². The minimum atomic E-state index is -0.961. The van der Waals surface area contributed by atoms with Gasteiger partial charge in [0, 0.05) is 10.9 Å². The number of hydrogen-bond acceptors (Lipinski definition) is 2. The second-order valence-electron chi connectivity index (χ2n) is 5.24. The predicted octanol–water partition coefficient (Wildman–Crippen LogP) is 4.92. The first kappa shape index (κ1) is 16.9. The molecule has 0 amide bonds. The summed E-state index contributed by atoms with van der Waals surface area (Å²) in [5.74, 6) is 0.00553. The highest BCUT2D eigenvalue weighted by molar-refractivity contribution is 9.10. The Bertz CT molecular complexity index is 719. The van der Waals surface area contributed by atoms with E-state index in [1.54, 1.807) is 0 Å². The van der Waals surface area contributed by atoms with Crippen LogP contribution in [0.4, 0.5) is 0 Å². The number of aryl methyl sites for hydroxylation is 1. The number of alkyl halides is 1. The molecule has 0 spiro atoms. The smallest absolute Gasteiger partial charge is 0.145 e. The molecule has 2 nitrogen and oxygen atoms in total. The molecule has 0 aliphatic heterocycles. The first-order valence-corrected chi connectivity index (χ1v) is 8.75. The number of Topliss-reactive ketones (excluding diaryl/α,β-unsaturated/α-hetero) is 1. The fraction of sp³-hybridized carbons (Fsp3) is 0.222. The summed E-state index contributed by atoms with van der Waals surface area (Å²) in [5, 5.41) is 10.2. The number of benzene rings is 2. The van der Waals surface area contributed by atoms with E-state index < -0.39 is 5.41 Å². The zero-order valence-electron chi connectivity index (χ0n) is 12.1. The van der Waals surface area contributed by atoms with E-state index in [0.29, 0.717) is 0 Å². The van der Waals surface area contributed by atoms with Crippen molar-refractivity contribution in [3.63, 3.8) is 0 Å². The lowest BCUT2D eigenvalue weighted by molar-refractivity contribution is -0.117. The van der Waals surface area contributed by atoms with Crippen molar-refractivity contribution in [3.8, 4) is 6.07 Å². The van der Waals surface area contributed by atoms with Crippen LogP contribution in [-0.4, -0.2) is 11.1 Å². The van der Waals surface area contributed by atoms with Gasteiger partial charge >= 0.3 is 0 Å². The van der Waals surface area contributed by atoms with E-state index in [2.05, 4.69) is 37.9 Å². The van der Waals surface area contributed by atoms with Crippen molar-refractivity contribution < 1.29 is 4.79 Å². The van der Waals surface area contributed by atoms with E-state index in [0.717, 1.165) is 21.2 Å². The molecule has 0 saturated heterocycles. The van der Waals surface area contributed by atoms with Gasteiger partial charge in [-0.25, -0.2) is 0 Å². The molecule has 0 radical (unpaired) electrons. The van der Waals surface area contributed by atoms with E-state index in [1.165, 1.54) is 0 Å². The summed E-state index contributed by atoms with van der Waals surface area (Å²) in [6, 6.07) is 17.8. The number of hydrogen-bond donors (Lipinski definition) is 0. The zero-order valence-corrected chi connectivity index (χ0v) is 15.3. The molecule has 0 heterocycles. The number of ketones is 1. The molecule has 0 aromatic heterocycles. The SMILES string of the molecule is Cc1cccc(C(C#N)(CC(=O)CBr)c2ccc(Br)cc2)c1. The molecule has 2 aromatic rings. The lowest BCUT2D eigenvalue weighted by Gasteiger charge is -2.27. The van der Waals surface area contributed by atoms with E-state index in [9.17, 15) is 10.1 Å². The van der Waals surface area contributed by atoms with Crippen LogP contribution < -0.4 is 0 Å². The van der Waals surface area contributed by atoms with Crippen LogP contribution in [0.3, 0.4) is 0 Å². The largest absolute Gasteiger partial charge is 0.299 e. The molecule has 112 valence electrons. The molecular formula is C18H15Br2NO. The monoisotopic (exact) mass is 419 g/mol. The third-order valence-electron chi connectivity index (χ3n) is 3.65. The molecule has 22 heavy (non-hydrogen) atoms. The zero-order chi connectivity index (χ0) is 16.2. The van der Waals surface area contributed by atoms with Crippen molar-refractivity contribution in [2.75, 3.05) is 5.33 Å². The summed E-state index contributed by atoms with van der Waals surface area (Å²) in [5.41, 5.74) is 1.79. The second-order valence-corrected chi connectivity index (χ2v) is 6.72. The molecule has 0 fully saturated rings. The Morgan fingerprint density at radius 3 is 2.41 bits per heavy atom. The quantitative estimate of drug-likeness (QED) is 0.644. The lowest BCUT2D eigenvalue weighted by atomic mass is 9.72. The fourth-order valence-electron chi connectivity index (χ4n) is 2.53. The second kappa shape index (κ2) is 7.21. The van der Waals surface area contributed by atoms with Crippen molar-refractivity contribution in [2.45, 2.75) is 18.8 Å². The van der Waals surface area contributed by atoms with Crippen LogP contribution in [0.1, 0.15) is 23.1 Å². The summed E-state index contributed by atoms with van der Waals surface area (Å²) in [6.45, 7) is 1.99. The van der Waals surface area contributed by atoms with Crippen LogP contribution in [0.25, 0.3) is 0 Å². The fourth-order valence-corrected chi connectivity index (χ4v) is 2.99. The Balaban J connectivity index is 2.64. The van der Waals surface area contributed by atoms with Gasteiger partial charge in [0.25, 0.3) is 0 Å². The molecule has 2 rings (SSSR count). The lowest BCUT2D eigenvalue weighted by Crippen LogP contribution is -2.29. The highest BCUT2D eigenvalue weighted by Gasteiger charge is 2.36. The van der Waals surface area contributed by atoms with E-state index in [1.807, 2.05) is 55.5 Å². The predicted molar refractivity (Wildman–Crippen MR) is 95.1 cm³/mol. The van der Waals surface area contributed by atoms with Gasteiger partial charge < -0.3 is 0 Å². The topological polar surface area (TPSA) is 40.9 Å². The Labute approximate surface area is 147 Å². The van der Waals surface area contributed by atoms with Crippen molar-refractivity contribution in [2.24, 2.45) is 0 Å². The first-order chi connectivity index (χ1) is 10.5. The maximum absolute atomic E-state index is 12.1. The number of nitrogens with zero attached hydrogens (tertiary/aromatic N) is 1. The minimum absolute atomic E-state index is 0.00553. The summed E-state index contributed by atoms with van der Waals surface area (Å²) < 4.78 is 0.944. The van der Waals surface area contributed by atoms with Gasteiger partial charge in [-0.3, -0.25) is 4.79 Å². The molecular weight excluding hydrogens is 406 g/mol. The Morgan fingerprint density at radius 1 is 1.18 bits per heavy atom. The Morgan fingerprint density at radius 2 is 1.86 bits per heavy atom. The Kier molecular flexibility index (Phi) is 5.55. The third kappa shape index (κ3) is 3.48. The molecule has 1 unspecified atom stereocenters. The van der Waals surface area contributed by atoms with Gasteiger partial charge in [-0.05, 0) is 30.2 Å². The molecule has 0 saturated carbocycles. The summed E-state index contributed by atoms with van der Waals surface area (Å²) in [7, 11) is 0. The van der Waals surface area contributed by atoms with E-state index >= 15 is 0 Å². The summed E-state index contributed by atoms with van der Waals surface area (Å²) in [4.78, 5) is 12.1. The number of rotatable bonds is 5. The molecule has 1 atom stereocenters. The average Bonchev–Trinajstić information content (AvgIpc) is 2.53. The highest BCUT2D eigenvalue weighted by atomic mass is 79.9. The van der Waals surface area contributed by atoms with Gasteiger partial charge in [-0.1, -0.05) is 73.8 Å². The number of carbonyl (C=O) groups is 1. The van der Waals surface area contributed by atoms with Crippen molar-refractivity contribution in [1.82, 2.24) is 0 Å². The maximum Gasteiger partial charge on any atom is 0.145 e.